The molecule has 1 rings (SSSR count). The molecule has 0 saturated carbocycles. The van der Waals surface area contributed by atoms with Crippen LogP contribution >= 0.6 is 12.2 Å². The van der Waals surface area contributed by atoms with Crippen LogP contribution in [-0.4, -0.2) is 32.8 Å². The minimum atomic E-state index is -0.739. The molecule has 3 N–H and O–H groups in total. The number of hydrogen-bond acceptors (Lipinski definition) is 3. The summed E-state index contributed by atoms with van der Waals surface area (Å²) < 4.78 is 0. The highest BCUT2D eigenvalue weighted by atomic mass is 32.1. The number of imidazole rings is 1. The third-order valence-corrected chi connectivity index (χ3v) is 3.77. The molecular formula is C12H20N4OS. The van der Waals surface area contributed by atoms with Gasteiger partial charge in [0.25, 0.3) is 0 Å². The maximum absolute atomic E-state index is 12.5. The van der Waals surface area contributed by atoms with Gasteiger partial charge in [-0.15, -0.1) is 0 Å². The van der Waals surface area contributed by atoms with Crippen molar-refractivity contribution < 1.29 is 4.79 Å². The lowest BCUT2D eigenvalue weighted by Gasteiger charge is -2.33. The lowest BCUT2D eigenvalue weighted by atomic mass is 9.81. The van der Waals surface area contributed by atoms with E-state index in [-0.39, 0.29) is 10.9 Å². The van der Waals surface area contributed by atoms with Crippen molar-refractivity contribution in [3.8, 4) is 0 Å². The van der Waals surface area contributed by atoms with Crippen molar-refractivity contribution in [3.05, 3.63) is 18.2 Å². The van der Waals surface area contributed by atoms with Crippen LogP contribution in [0.3, 0.4) is 0 Å². The third kappa shape index (κ3) is 2.69. The predicted molar refractivity (Wildman–Crippen MR) is 74.9 cm³/mol. The molecule has 0 atom stereocenters. The van der Waals surface area contributed by atoms with Crippen molar-refractivity contribution in [2.45, 2.75) is 33.2 Å². The molecule has 0 saturated heterocycles. The zero-order chi connectivity index (χ0) is 13.8. The van der Waals surface area contributed by atoms with E-state index < -0.39 is 5.41 Å². The number of carbonyl (C=O) groups excluding carboxylic acids is 1. The Morgan fingerprint density at radius 1 is 1.56 bits per heavy atom. The molecule has 6 heteroatoms. The minimum Gasteiger partial charge on any atom is -0.392 e. The number of hydrogen-bond donors (Lipinski definition) is 2. The van der Waals surface area contributed by atoms with Gasteiger partial charge in [0.15, 0.2) is 0 Å². The first-order valence-electron chi connectivity index (χ1n) is 6.01. The monoisotopic (exact) mass is 268 g/mol. The van der Waals surface area contributed by atoms with Crippen molar-refractivity contribution in [2.75, 3.05) is 7.05 Å². The van der Waals surface area contributed by atoms with Crippen LogP contribution in [-0.2, 0) is 11.3 Å². The molecule has 5 nitrogen and oxygen atoms in total. The predicted octanol–water partition coefficient (Wildman–Crippen LogP) is 1.46. The Balaban J connectivity index is 2.86. The first-order valence-corrected chi connectivity index (χ1v) is 6.42. The highest BCUT2D eigenvalue weighted by Crippen LogP contribution is 2.29. The highest BCUT2D eigenvalue weighted by molar-refractivity contribution is 7.80. The highest BCUT2D eigenvalue weighted by Gasteiger charge is 2.40. The molecule has 0 unspecified atom stereocenters. The molecule has 1 heterocycles. The second-order valence-electron chi connectivity index (χ2n) is 4.35. The molecule has 1 aromatic heterocycles. The van der Waals surface area contributed by atoms with Gasteiger partial charge in [0.1, 0.15) is 5.82 Å². The van der Waals surface area contributed by atoms with Crippen molar-refractivity contribution in [1.82, 2.24) is 14.9 Å². The summed E-state index contributed by atoms with van der Waals surface area (Å²) in [6.07, 6.45) is 4.61. The SMILES string of the molecule is CCC(CC)(C(=O)N(C)Cc1ncc[nH]1)C(N)=S. The van der Waals surface area contributed by atoms with Crippen LogP contribution in [0.1, 0.15) is 32.5 Å². The topological polar surface area (TPSA) is 75.0 Å². The zero-order valence-electron chi connectivity index (χ0n) is 11.1. The Labute approximate surface area is 113 Å². The molecule has 0 bridgehead atoms. The van der Waals surface area contributed by atoms with Crippen LogP contribution in [0.5, 0.6) is 0 Å². The minimum absolute atomic E-state index is 0.0450. The first kappa shape index (κ1) is 14.6. The molecule has 1 amide bonds. The lowest BCUT2D eigenvalue weighted by molar-refractivity contribution is -0.138. The summed E-state index contributed by atoms with van der Waals surface area (Å²) in [5, 5.41) is 0. The van der Waals surface area contributed by atoms with Gasteiger partial charge in [0.05, 0.1) is 16.9 Å². The Morgan fingerprint density at radius 3 is 2.56 bits per heavy atom. The van der Waals surface area contributed by atoms with E-state index in [9.17, 15) is 4.79 Å². The van der Waals surface area contributed by atoms with E-state index in [0.29, 0.717) is 19.4 Å². The summed E-state index contributed by atoms with van der Waals surface area (Å²) in [5.41, 5.74) is 5.03. The van der Waals surface area contributed by atoms with Crippen molar-refractivity contribution in [1.29, 1.82) is 0 Å². The molecule has 0 aliphatic rings. The van der Waals surface area contributed by atoms with Crippen LogP contribution in [0, 0.1) is 5.41 Å². The summed E-state index contributed by atoms with van der Waals surface area (Å²) in [6.45, 7) is 4.29. The number of H-pyrrole nitrogens is 1. The molecule has 1 aromatic rings. The van der Waals surface area contributed by atoms with Crippen LogP contribution in [0.25, 0.3) is 0 Å². The van der Waals surface area contributed by atoms with Gasteiger partial charge < -0.3 is 15.6 Å². The first-order chi connectivity index (χ1) is 8.47. The number of nitrogens with zero attached hydrogens (tertiary/aromatic N) is 2. The Morgan fingerprint density at radius 2 is 2.17 bits per heavy atom. The summed E-state index contributed by atoms with van der Waals surface area (Å²) in [5.74, 6) is 0.700. The molecular weight excluding hydrogens is 248 g/mol. The van der Waals surface area contributed by atoms with E-state index in [1.165, 1.54) is 0 Å². The van der Waals surface area contributed by atoms with Crippen molar-refractivity contribution >= 4 is 23.1 Å². The van der Waals surface area contributed by atoms with Gasteiger partial charge >= 0.3 is 0 Å². The number of thiocarbonyl (C=S) groups is 1. The second-order valence-corrected chi connectivity index (χ2v) is 4.79. The Hall–Kier alpha value is -1.43. The fourth-order valence-electron chi connectivity index (χ4n) is 2.05. The van der Waals surface area contributed by atoms with E-state index >= 15 is 0 Å². The lowest BCUT2D eigenvalue weighted by Crippen LogP contribution is -2.48. The molecule has 0 aliphatic carbocycles. The standard InChI is InChI=1S/C12H20N4OS/c1-4-12(5-2,10(13)18)11(17)16(3)8-9-14-6-7-15-9/h6-7H,4-5,8H2,1-3H3,(H2,13,18)(H,14,15). The van der Waals surface area contributed by atoms with Gasteiger partial charge in [-0.1, -0.05) is 26.1 Å². The maximum Gasteiger partial charge on any atom is 0.235 e. The number of rotatable bonds is 6. The van der Waals surface area contributed by atoms with Crippen molar-refractivity contribution in [3.63, 3.8) is 0 Å². The van der Waals surface area contributed by atoms with Crippen molar-refractivity contribution in [2.24, 2.45) is 11.1 Å². The van der Waals surface area contributed by atoms with Crippen LogP contribution < -0.4 is 5.73 Å². The molecule has 0 spiro atoms. The molecule has 0 aliphatic heterocycles. The summed E-state index contributed by atoms with van der Waals surface area (Å²) in [4.78, 5) is 21.5. The number of nitrogens with one attached hydrogen (secondary N) is 1. The van der Waals surface area contributed by atoms with Crippen LogP contribution in [0.4, 0.5) is 0 Å². The average Bonchev–Trinajstić information content (AvgIpc) is 2.83. The summed E-state index contributed by atoms with van der Waals surface area (Å²) in [6, 6.07) is 0. The fraction of sp³-hybridized carbons (Fsp3) is 0.583. The quantitative estimate of drug-likeness (QED) is 0.766. The van der Waals surface area contributed by atoms with E-state index in [0.717, 1.165) is 5.82 Å². The van der Waals surface area contributed by atoms with Crippen LogP contribution in [0.15, 0.2) is 12.4 Å². The molecule has 100 valence electrons. The number of nitrogens with two attached hydrogens (primary N) is 1. The largest absolute Gasteiger partial charge is 0.392 e. The summed E-state index contributed by atoms with van der Waals surface area (Å²) >= 11 is 5.08. The fourth-order valence-corrected chi connectivity index (χ4v) is 2.43. The third-order valence-electron chi connectivity index (χ3n) is 3.38. The van der Waals surface area contributed by atoms with Gasteiger partial charge in [-0.25, -0.2) is 4.98 Å². The number of aromatic nitrogens is 2. The maximum atomic E-state index is 12.5. The number of amides is 1. The normalized spacial score (nSPS) is 11.3. The van der Waals surface area contributed by atoms with E-state index in [1.54, 1.807) is 24.3 Å². The molecule has 0 fully saturated rings. The van der Waals surface area contributed by atoms with Gasteiger partial charge in [0, 0.05) is 19.4 Å². The van der Waals surface area contributed by atoms with E-state index in [1.807, 2.05) is 13.8 Å². The molecule has 0 radical (unpaired) electrons. The number of carbonyl (C=O) groups is 1. The molecule has 18 heavy (non-hydrogen) atoms. The average molecular weight is 268 g/mol. The van der Waals surface area contributed by atoms with E-state index in [4.69, 9.17) is 18.0 Å². The Kier molecular flexibility index (Phi) is 4.84. The summed E-state index contributed by atoms with van der Waals surface area (Å²) in [7, 11) is 1.74. The van der Waals surface area contributed by atoms with Crippen LogP contribution in [0.2, 0.25) is 0 Å². The van der Waals surface area contributed by atoms with Gasteiger partial charge in [0.2, 0.25) is 5.91 Å². The molecule has 0 aromatic carbocycles. The van der Waals surface area contributed by atoms with Gasteiger partial charge in [-0.2, -0.15) is 0 Å². The smallest absolute Gasteiger partial charge is 0.235 e. The Bertz CT molecular complexity index is 412. The second kappa shape index (κ2) is 5.95. The van der Waals surface area contributed by atoms with E-state index in [2.05, 4.69) is 9.97 Å². The van der Waals surface area contributed by atoms with Gasteiger partial charge in [-0.3, -0.25) is 4.79 Å². The van der Waals surface area contributed by atoms with Gasteiger partial charge in [-0.05, 0) is 12.8 Å². The zero-order valence-corrected chi connectivity index (χ0v) is 11.9. The number of aromatic amines is 1.